The Morgan fingerprint density at radius 1 is 0.738 bits per heavy atom. The lowest BCUT2D eigenvalue weighted by molar-refractivity contribution is -0.127. The van der Waals surface area contributed by atoms with E-state index in [9.17, 15) is 35.2 Å². The Morgan fingerprint density at radius 3 is 1.66 bits per heavy atom. The number of aromatic nitrogens is 2. The molecule has 0 spiro atoms. The topological polar surface area (TPSA) is 226 Å². The van der Waals surface area contributed by atoms with Crippen LogP contribution in [0.2, 0.25) is 0 Å². The number of pyridine rings is 2. The van der Waals surface area contributed by atoms with Gasteiger partial charge in [-0.05, 0) is 147 Å². The lowest BCUT2D eigenvalue weighted by Crippen LogP contribution is -2.41. The predicted octanol–water partition coefficient (Wildman–Crippen LogP) is 6.36. The number of nitrogens with two attached hydrogens (primary N) is 1. The van der Waals surface area contributed by atoms with Gasteiger partial charge in [-0.25, -0.2) is 45.0 Å². The summed E-state index contributed by atoms with van der Waals surface area (Å²) in [5.74, 6) is 0.206. The van der Waals surface area contributed by atoms with Crippen LogP contribution in [0.5, 0.6) is 0 Å². The van der Waals surface area contributed by atoms with E-state index in [4.69, 9.17) is 5.73 Å². The van der Waals surface area contributed by atoms with Crippen LogP contribution < -0.4 is 36.4 Å². The fourth-order valence-electron chi connectivity index (χ4n) is 8.21. The highest BCUT2D eigenvalue weighted by Gasteiger charge is 2.32. The summed E-state index contributed by atoms with van der Waals surface area (Å²) in [5, 5.41) is 12.2. The van der Waals surface area contributed by atoms with Gasteiger partial charge in [0.25, 0.3) is 0 Å². The molecule has 0 unspecified atom stereocenters. The quantitative estimate of drug-likeness (QED) is 0.0694. The van der Waals surface area contributed by atoms with Gasteiger partial charge in [0.05, 0.1) is 16.6 Å². The van der Waals surface area contributed by atoms with Crippen LogP contribution in [0.25, 0.3) is 0 Å². The van der Waals surface area contributed by atoms with E-state index in [0.717, 1.165) is 41.9 Å². The zero-order chi connectivity index (χ0) is 46.7. The summed E-state index contributed by atoms with van der Waals surface area (Å²) in [6.45, 7) is 5.53. The molecule has 2 fully saturated rings. The molecule has 2 aliphatic carbocycles. The molecule has 2 amide bonds. The molecule has 2 aromatic heterocycles. The number of hydrogen-bond donors (Lipinski definition) is 7. The van der Waals surface area contributed by atoms with Crippen LogP contribution in [0, 0.1) is 23.5 Å². The first-order chi connectivity index (χ1) is 31.0. The number of sulfonamides is 2. The molecule has 4 aromatic rings. The van der Waals surface area contributed by atoms with Gasteiger partial charge in [0.2, 0.25) is 31.9 Å². The van der Waals surface area contributed by atoms with Crippen molar-refractivity contribution in [1.29, 1.82) is 0 Å². The first-order valence-electron chi connectivity index (χ1n) is 22.0. The lowest BCUT2D eigenvalue weighted by atomic mass is 9.85. The van der Waals surface area contributed by atoms with Gasteiger partial charge < -0.3 is 27.0 Å². The number of anilines is 2. The normalized spacial score (nSPS) is 20.7. The van der Waals surface area contributed by atoms with E-state index < -0.39 is 20.0 Å². The van der Waals surface area contributed by atoms with Crippen LogP contribution in [0.15, 0.2) is 87.3 Å². The summed E-state index contributed by atoms with van der Waals surface area (Å²) < 4.78 is 83.6. The van der Waals surface area contributed by atoms with E-state index >= 15 is 0 Å². The third kappa shape index (κ3) is 14.0. The zero-order valence-electron chi connectivity index (χ0n) is 36.5. The highest BCUT2D eigenvalue weighted by Crippen LogP contribution is 2.30. The average Bonchev–Trinajstić information content (AvgIpc) is 3.29. The van der Waals surface area contributed by atoms with Crippen molar-refractivity contribution >= 4 is 59.4 Å². The number of nitrogens with one attached hydrogen (secondary N) is 6. The number of halogens is 3. The number of benzene rings is 2. The van der Waals surface area contributed by atoms with Crippen LogP contribution in [-0.4, -0.2) is 70.3 Å². The zero-order valence-corrected chi connectivity index (χ0v) is 39.7. The highest BCUT2D eigenvalue weighted by atomic mass is 79.9. The second kappa shape index (κ2) is 22.7. The lowest BCUT2D eigenvalue weighted by Gasteiger charge is -2.29. The first-order valence-corrected chi connectivity index (χ1v) is 25.8. The maximum atomic E-state index is 13.1. The van der Waals surface area contributed by atoms with Gasteiger partial charge in [0.15, 0.2) is 0 Å². The van der Waals surface area contributed by atoms with Crippen molar-refractivity contribution in [2.45, 2.75) is 112 Å². The molecule has 15 nitrogen and oxygen atoms in total. The van der Waals surface area contributed by atoms with Crippen molar-refractivity contribution in [3.05, 3.63) is 106 Å². The van der Waals surface area contributed by atoms with E-state index in [2.05, 4.69) is 56.6 Å². The maximum absolute atomic E-state index is 13.1. The molecule has 1 aliphatic heterocycles. The van der Waals surface area contributed by atoms with Gasteiger partial charge in [-0.15, -0.1) is 0 Å². The maximum Gasteiger partial charge on any atom is 0.242 e. The summed E-state index contributed by atoms with van der Waals surface area (Å²) >= 11 is 3.34. The summed E-state index contributed by atoms with van der Waals surface area (Å²) in [4.78, 5) is 34.0. The van der Waals surface area contributed by atoms with Crippen molar-refractivity contribution in [3.8, 4) is 0 Å². The number of carbonyl (C=O) groups excluding carboxylic acids is 2. The molecular weight excluding hydrogens is 945 g/mol. The molecule has 2 atom stereocenters. The fourth-order valence-corrected chi connectivity index (χ4v) is 11.4. The summed E-state index contributed by atoms with van der Waals surface area (Å²) in [7, 11) is -7.40. The Morgan fingerprint density at radius 2 is 1.20 bits per heavy atom. The van der Waals surface area contributed by atoms with Gasteiger partial charge in [0, 0.05) is 55.9 Å². The highest BCUT2D eigenvalue weighted by molar-refractivity contribution is 9.10. The number of hydrogen-bond acceptors (Lipinski definition) is 11. The SMILES string of the molecule is C[C@@H](NC(=O)C1CCC(NS(=O)(=O)c2cnc(NCCN)c(Br)c2)CC1)c1ccc(F)cc1.C[C@@H](NC(=O)C1CCC(NS(=O)(=O)c2cnc3c(c2)CCCN3)CC1)c1ccc(F)cc1. The summed E-state index contributed by atoms with van der Waals surface area (Å²) in [6, 6.07) is 14.4. The minimum atomic E-state index is -3.74. The summed E-state index contributed by atoms with van der Waals surface area (Å²) in [6.07, 6.45) is 9.19. The van der Waals surface area contributed by atoms with Crippen LogP contribution in [-0.2, 0) is 36.1 Å². The first kappa shape index (κ1) is 49.8. The Bertz CT molecular complexity index is 2470. The molecule has 65 heavy (non-hydrogen) atoms. The fraction of sp³-hybridized carbons (Fsp3) is 0.467. The molecule has 2 saturated carbocycles. The van der Waals surface area contributed by atoms with Crippen molar-refractivity contribution in [3.63, 3.8) is 0 Å². The van der Waals surface area contributed by atoms with Gasteiger partial charge >= 0.3 is 0 Å². The van der Waals surface area contributed by atoms with Crippen LogP contribution in [0.4, 0.5) is 20.4 Å². The molecule has 8 N–H and O–H groups in total. The molecule has 352 valence electrons. The monoisotopic (exact) mass is 1000 g/mol. The molecule has 3 heterocycles. The van der Waals surface area contributed by atoms with E-state index in [1.54, 1.807) is 30.3 Å². The molecule has 0 radical (unpaired) electrons. The third-order valence-corrected chi connectivity index (χ3v) is 15.6. The van der Waals surface area contributed by atoms with Crippen molar-refractivity contribution < 1.29 is 35.2 Å². The van der Waals surface area contributed by atoms with E-state index in [0.29, 0.717) is 74.7 Å². The van der Waals surface area contributed by atoms with Gasteiger partial charge in [-0.1, -0.05) is 24.3 Å². The van der Waals surface area contributed by atoms with Crippen molar-refractivity contribution in [2.75, 3.05) is 30.3 Å². The molecule has 0 bridgehead atoms. The average molecular weight is 1000 g/mol. The van der Waals surface area contributed by atoms with Crippen molar-refractivity contribution in [1.82, 2.24) is 30.0 Å². The van der Waals surface area contributed by atoms with Gasteiger partial charge in [-0.2, -0.15) is 0 Å². The van der Waals surface area contributed by atoms with E-state index in [-0.39, 0.29) is 69.2 Å². The number of carbonyl (C=O) groups is 2. The molecule has 0 saturated heterocycles. The van der Waals surface area contributed by atoms with E-state index in [1.165, 1.54) is 42.7 Å². The Labute approximate surface area is 388 Å². The van der Waals surface area contributed by atoms with Crippen molar-refractivity contribution in [2.24, 2.45) is 17.6 Å². The number of amides is 2. The molecule has 7 rings (SSSR count). The largest absolute Gasteiger partial charge is 0.370 e. The van der Waals surface area contributed by atoms with E-state index in [1.807, 2.05) is 13.8 Å². The second-order valence-electron chi connectivity index (χ2n) is 16.8. The minimum Gasteiger partial charge on any atom is -0.370 e. The standard InChI is InChI=1S/C23H29FN4O3S.C22H29BrFN5O3S/c1-15(16-4-8-19(24)9-5-16)27-23(29)17-6-10-20(11-7-17)28-32(30,31)21-13-18-3-2-12-25-22(18)26-14-21;1-14(15-2-6-17(24)7-3-15)28-22(30)16-4-8-18(9-5-16)29-33(31,32)19-12-20(23)21(27-13-19)26-11-10-25/h4-5,8-9,13-15,17,20,28H,2-3,6-7,10-12H2,1H3,(H,25,26)(H,27,29);2-3,6-7,12-14,16,18,29H,4-5,8-11,25H2,1H3,(H,26,27)(H,28,30)/t15-,17?,20?;14-,16?,18?/m11/s1. The Balaban J connectivity index is 0.000000215. The molecule has 20 heteroatoms. The van der Waals surface area contributed by atoms with Gasteiger partial charge in [-0.3, -0.25) is 9.59 Å². The number of rotatable bonds is 15. The summed E-state index contributed by atoms with van der Waals surface area (Å²) in [5.41, 5.74) is 8.06. The number of aryl methyl sites for hydroxylation is 1. The number of nitrogens with zero attached hydrogens (tertiary/aromatic N) is 2. The van der Waals surface area contributed by atoms with Crippen LogP contribution >= 0.6 is 15.9 Å². The third-order valence-electron chi connectivity index (χ3n) is 12.0. The van der Waals surface area contributed by atoms with Gasteiger partial charge in [0.1, 0.15) is 33.1 Å². The molecule has 3 aliphatic rings. The molecular formula is C45H58BrF2N9O6S2. The smallest absolute Gasteiger partial charge is 0.242 e. The Hall–Kier alpha value is -4.60. The number of fused-ring (bicyclic) bond motifs is 1. The molecule has 2 aromatic carbocycles. The minimum absolute atomic E-state index is 0.0467. The predicted molar refractivity (Wildman–Crippen MR) is 249 cm³/mol. The van der Waals surface area contributed by atoms with Crippen LogP contribution in [0.1, 0.15) is 100 Å². The second-order valence-corrected chi connectivity index (χ2v) is 21.1. The Kier molecular flexibility index (Phi) is 17.4. The van der Waals surface area contributed by atoms with Crippen LogP contribution in [0.3, 0.4) is 0 Å².